The first kappa shape index (κ1) is 16.0. The summed E-state index contributed by atoms with van der Waals surface area (Å²) in [4.78, 5) is 0. The van der Waals surface area contributed by atoms with E-state index in [0.717, 1.165) is 6.07 Å². The number of aliphatic hydroxyl groups is 1. The number of alkyl halides is 3. The van der Waals surface area contributed by atoms with Gasteiger partial charge in [0, 0.05) is 5.56 Å². The zero-order chi connectivity index (χ0) is 14.8. The molecule has 0 aromatic heterocycles. The zero-order valence-electron chi connectivity index (χ0n) is 11.2. The number of halogens is 4. The smallest absolute Gasteiger partial charge is 0.388 e. The van der Waals surface area contributed by atoms with Crippen LogP contribution in [0.15, 0.2) is 18.2 Å². The van der Waals surface area contributed by atoms with E-state index < -0.39 is 23.7 Å². The highest BCUT2D eigenvalue weighted by Gasteiger charge is 2.35. The first-order chi connectivity index (χ1) is 8.52. The second-order valence-electron chi connectivity index (χ2n) is 5.82. The fourth-order valence-electron chi connectivity index (χ4n) is 1.75. The molecule has 1 aromatic carbocycles. The molecule has 0 bridgehead atoms. The van der Waals surface area contributed by atoms with Gasteiger partial charge in [0.15, 0.2) is 0 Å². The van der Waals surface area contributed by atoms with E-state index in [4.69, 9.17) is 0 Å². The number of aliphatic hydroxyl groups excluding tert-OH is 1. The van der Waals surface area contributed by atoms with E-state index >= 15 is 0 Å². The van der Waals surface area contributed by atoms with Gasteiger partial charge in [-0.25, -0.2) is 4.39 Å². The van der Waals surface area contributed by atoms with Crippen molar-refractivity contribution in [2.45, 2.75) is 45.9 Å². The Morgan fingerprint density at radius 1 is 1.16 bits per heavy atom. The highest BCUT2D eigenvalue weighted by molar-refractivity contribution is 5.29. The molecule has 5 heteroatoms. The average molecular weight is 278 g/mol. The number of rotatable bonds is 3. The Morgan fingerprint density at radius 2 is 1.74 bits per heavy atom. The average Bonchev–Trinajstić information content (AvgIpc) is 2.23. The van der Waals surface area contributed by atoms with Gasteiger partial charge in [0.05, 0.1) is 11.7 Å². The Morgan fingerprint density at radius 3 is 2.21 bits per heavy atom. The van der Waals surface area contributed by atoms with Crippen LogP contribution in [0.1, 0.15) is 50.8 Å². The van der Waals surface area contributed by atoms with Crippen molar-refractivity contribution < 1.29 is 22.7 Å². The van der Waals surface area contributed by atoms with Crippen molar-refractivity contribution in [1.29, 1.82) is 0 Å². The maximum absolute atomic E-state index is 13.8. The molecule has 0 amide bonds. The van der Waals surface area contributed by atoms with Crippen molar-refractivity contribution in [2.24, 2.45) is 5.41 Å². The van der Waals surface area contributed by atoms with Gasteiger partial charge >= 0.3 is 6.18 Å². The van der Waals surface area contributed by atoms with Gasteiger partial charge in [0.25, 0.3) is 0 Å². The van der Waals surface area contributed by atoms with Crippen LogP contribution in [0.5, 0.6) is 0 Å². The van der Waals surface area contributed by atoms with Crippen molar-refractivity contribution in [1.82, 2.24) is 0 Å². The van der Waals surface area contributed by atoms with E-state index in [1.54, 1.807) is 0 Å². The fourth-order valence-corrected chi connectivity index (χ4v) is 1.75. The highest BCUT2D eigenvalue weighted by Crippen LogP contribution is 2.35. The number of hydrogen-bond donors (Lipinski definition) is 1. The van der Waals surface area contributed by atoms with Gasteiger partial charge in [0.1, 0.15) is 5.82 Å². The van der Waals surface area contributed by atoms with Gasteiger partial charge in [-0.05, 0) is 24.3 Å². The topological polar surface area (TPSA) is 20.2 Å². The Kier molecular flexibility index (Phi) is 4.61. The minimum absolute atomic E-state index is 0.0703. The second-order valence-corrected chi connectivity index (χ2v) is 5.82. The summed E-state index contributed by atoms with van der Waals surface area (Å²) in [5.74, 6) is -1.38. The second kappa shape index (κ2) is 5.49. The van der Waals surface area contributed by atoms with Crippen LogP contribution in [0.2, 0.25) is 0 Å². The summed E-state index contributed by atoms with van der Waals surface area (Å²) in [6.45, 7) is 5.84. The summed E-state index contributed by atoms with van der Waals surface area (Å²) in [7, 11) is 0. The van der Waals surface area contributed by atoms with Crippen LogP contribution in [0.25, 0.3) is 0 Å². The highest BCUT2D eigenvalue weighted by atomic mass is 19.4. The fraction of sp³-hybridized carbons (Fsp3) is 0.571. The predicted molar refractivity (Wildman–Crippen MR) is 65.1 cm³/mol. The molecule has 108 valence electrons. The van der Waals surface area contributed by atoms with Crippen LogP contribution in [0.3, 0.4) is 0 Å². The monoisotopic (exact) mass is 278 g/mol. The summed E-state index contributed by atoms with van der Waals surface area (Å²) < 4.78 is 51.4. The van der Waals surface area contributed by atoms with E-state index in [1.807, 2.05) is 20.8 Å². The van der Waals surface area contributed by atoms with Crippen molar-refractivity contribution in [2.75, 3.05) is 0 Å². The van der Waals surface area contributed by atoms with Gasteiger partial charge < -0.3 is 5.11 Å². The third-order valence-electron chi connectivity index (χ3n) is 2.86. The van der Waals surface area contributed by atoms with Crippen molar-refractivity contribution in [3.63, 3.8) is 0 Å². The van der Waals surface area contributed by atoms with Gasteiger partial charge in [0.2, 0.25) is 0 Å². The molecule has 1 atom stereocenters. The zero-order valence-corrected chi connectivity index (χ0v) is 11.2. The number of benzene rings is 1. The Bertz CT molecular complexity index is 432. The Labute approximate surface area is 110 Å². The van der Waals surface area contributed by atoms with Gasteiger partial charge in [-0.2, -0.15) is 13.2 Å². The number of hydrogen-bond acceptors (Lipinski definition) is 1. The van der Waals surface area contributed by atoms with Crippen LogP contribution < -0.4 is 0 Å². The lowest BCUT2D eigenvalue weighted by molar-refractivity contribution is -0.140. The SMILES string of the molecule is CC(C)(C)CCC(O)c1cccc(C(F)(F)F)c1F. The quantitative estimate of drug-likeness (QED) is 0.794. The standard InChI is InChI=1S/C14H18F4O/c1-13(2,3)8-7-11(19)9-5-4-6-10(12(9)15)14(16,17)18/h4-6,11,19H,7-8H2,1-3H3. The maximum Gasteiger partial charge on any atom is 0.419 e. The van der Waals surface area contributed by atoms with E-state index in [9.17, 15) is 22.7 Å². The normalized spacial score (nSPS) is 14.5. The summed E-state index contributed by atoms with van der Waals surface area (Å²) in [6, 6.07) is 2.98. The predicted octanol–water partition coefficient (Wildman–Crippen LogP) is 4.70. The molecular weight excluding hydrogens is 260 g/mol. The lowest BCUT2D eigenvalue weighted by atomic mass is 9.87. The molecule has 1 nitrogen and oxygen atoms in total. The van der Waals surface area contributed by atoms with Crippen molar-refractivity contribution in [3.05, 3.63) is 35.1 Å². The van der Waals surface area contributed by atoms with Gasteiger partial charge in [-0.3, -0.25) is 0 Å². The van der Waals surface area contributed by atoms with Crippen LogP contribution in [0.4, 0.5) is 17.6 Å². The van der Waals surface area contributed by atoms with Crippen LogP contribution >= 0.6 is 0 Å². The van der Waals surface area contributed by atoms with Crippen molar-refractivity contribution >= 4 is 0 Å². The molecule has 1 N–H and O–H groups in total. The minimum Gasteiger partial charge on any atom is -0.388 e. The molecule has 0 aliphatic carbocycles. The van der Waals surface area contributed by atoms with Crippen LogP contribution in [-0.4, -0.2) is 5.11 Å². The molecule has 0 saturated heterocycles. The molecule has 0 aliphatic heterocycles. The largest absolute Gasteiger partial charge is 0.419 e. The molecular formula is C14H18F4O. The van der Waals surface area contributed by atoms with E-state index in [1.165, 1.54) is 6.07 Å². The lowest BCUT2D eigenvalue weighted by Gasteiger charge is -2.21. The van der Waals surface area contributed by atoms with Crippen molar-refractivity contribution in [3.8, 4) is 0 Å². The van der Waals surface area contributed by atoms with Gasteiger partial charge in [-0.1, -0.05) is 32.9 Å². The van der Waals surface area contributed by atoms with Crippen LogP contribution in [0, 0.1) is 11.2 Å². The molecule has 1 aromatic rings. The first-order valence-corrected chi connectivity index (χ1v) is 6.06. The minimum atomic E-state index is -4.75. The van der Waals surface area contributed by atoms with E-state index in [-0.39, 0.29) is 17.4 Å². The molecule has 1 unspecified atom stereocenters. The molecule has 1 rings (SSSR count). The lowest BCUT2D eigenvalue weighted by Crippen LogP contribution is -2.13. The molecule has 0 aliphatic rings. The molecule has 0 saturated carbocycles. The summed E-state index contributed by atoms with van der Waals surface area (Å²) in [5, 5.41) is 9.85. The summed E-state index contributed by atoms with van der Waals surface area (Å²) in [5.41, 5.74) is -1.70. The summed E-state index contributed by atoms with van der Waals surface area (Å²) in [6.07, 6.45) is -5.16. The Hall–Kier alpha value is -1.10. The van der Waals surface area contributed by atoms with E-state index in [2.05, 4.69) is 0 Å². The molecule has 0 heterocycles. The molecule has 0 fully saturated rings. The molecule has 19 heavy (non-hydrogen) atoms. The third-order valence-corrected chi connectivity index (χ3v) is 2.86. The van der Waals surface area contributed by atoms with Gasteiger partial charge in [-0.15, -0.1) is 0 Å². The Balaban J connectivity index is 2.96. The molecule has 0 radical (unpaired) electrons. The maximum atomic E-state index is 13.8. The third kappa shape index (κ3) is 4.49. The first-order valence-electron chi connectivity index (χ1n) is 6.06. The summed E-state index contributed by atoms with van der Waals surface area (Å²) >= 11 is 0. The van der Waals surface area contributed by atoms with Crippen LogP contribution in [-0.2, 0) is 6.18 Å². The molecule has 0 spiro atoms. The van der Waals surface area contributed by atoms with E-state index in [0.29, 0.717) is 12.5 Å².